The van der Waals surface area contributed by atoms with Crippen molar-refractivity contribution in [2.45, 2.75) is 51.1 Å². The van der Waals surface area contributed by atoms with Crippen LogP contribution in [0.25, 0.3) is 0 Å². The van der Waals surface area contributed by atoms with Crippen LogP contribution in [0.5, 0.6) is 0 Å². The number of hydrogen-bond acceptors (Lipinski definition) is 3. The molecule has 1 N–H and O–H groups in total. The third-order valence-corrected chi connectivity index (χ3v) is 5.62. The number of hydrogen-bond donors (Lipinski definition) is 1. The molecule has 0 aromatic heterocycles. The summed E-state index contributed by atoms with van der Waals surface area (Å²) in [6.45, 7) is 5.41. The van der Waals surface area contributed by atoms with E-state index in [1.807, 2.05) is 18.8 Å². The topological polar surface area (TPSA) is 32.3 Å². The van der Waals surface area contributed by atoms with Crippen LogP contribution in [-0.4, -0.2) is 47.5 Å². The number of nitrogens with zero attached hydrogens (tertiary/aromatic N) is 1. The molecule has 2 saturated heterocycles. The van der Waals surface area contributed by atoms with Gasteiger partial charge in [0.05, 0.1) is 6.04 Å². The van der Waals surface area contributed by atoms with E-state index in [2.05, 4.69) is 24.1 Å². The van der Waals surface area contributed by atoms with Crippen molar-refractivity contribution in [1.29, 1.82) is 0 Å². The van der Waals surface area contributed by atoms with Crippen LogP contribution in [0, 0.1) is 5.92 Å². The van der Waals surface area contributed by atoms with Gasteiger partial charge in [0.15, 0.2) is 0 Å². The van der Waals surface area contributed by atoms with E-state index in [9.17, 15) is 4.79 Å². The number of likely N-dealkylation sites (N-methyl/N-ethyl adjacent to an activating group) is 1. The minimum Gasteiger partial charge on any atom is -0.336 e. The Kier molecular flexibility index (Phi) is 4.59. The molecule has 3 nitrogen and oxygen atoms in total. The zero-order valence-electron chi connectivity index (χ0n) is 11.9. The molecule has 2 atom stereocenters. The molecule has 0 bridgehead atoms. The van der Waals surface area contributed by atoms with E-state index in [0.29, 0.717) is 11.8 Å². The maximum Gasteiger partial charge on any atom is 0.240 e. The van der Waals surface area contributed by atoms with Gasteiger partial charge in [0, 0.05) is 12.1 Å². The summed E-state index contributed by atoms with van der Waals surface area (Å²) in [6, 6.07) is 0.0285. The minimum absolute atomic E-state index is 0.0237. The number of carbonyl (C=O) groups is 1. The first-order valence-electron chi connectivity index (χ1n) is 7.11. The molecule has 2 unspecified atom stereocenters. The Balaban J connectivity index is 2.11. The molecule has 0 aromatic carbocycles. The van der Waals surface area contributed by atoms with E-state index in [-0.39, 0.29) is 11.6 Å². The van der Waals surface area contributed by atoms with Gasteiger partial charge in [0.2, 0.25) is 5.91 Å². The summed E-state index contributed by atoms with van der Waals surface area (Å²) < 4.78 is 0. The second-order valence-electron chi connectivity index (χ2n) is 6.22. The van der Waals surface area contributed by atoms with Crippen molar-refractivity contribution < 1.29 is 4.79 Å². The number of likely N-dealkylation sites (tertiary alicyclic amines) is 1. The second kappa shape index (κ2) is 5.83. The molecule has 2 aliphatic heterocycles. The molecular weight excluding hydrogens is 244 g/mol. The van der Waals surface area contributed by atoms with Crippen LogP contribution >= 0.6 is 11.8 Å². The van der Waals surface area contributed by atoms with Gasteiger partial charge in [-0.1, -0.05) is 0 Å². The van der Waals surface area contributed by atoms with Crippen molar-refractivity contribution in [3.8, 4) is 0 Å². The predicted molar refractivity (Wildman–Crippen MR) is 77.9 cm³/mol. The third-order valence-electron chi connectivity index (χ3n) is 4.39. The SMILES string of the molecule is CNC1CCCC(C)(C)N(CC2CCSC2)C1=O. The summed E-state index contributed by atoms with van der Waals surface area (Å²) in [7, 11) is 1.91. The number of carbonyl (C=O) groups excluding carboxylic acids is 1. The van der Waals surface area contributed by atoms with Gasteiger partial charge in [-0.2, -0.15) is 11.8 Å². The van der Waals surface area contributed by atoms with Crippen molar-refractivity contribution in [1.82, 2.24) is 10.2 Å². The molecule has 1 amide bonds. The average Bonchev–Trinajstić information content (AvgIpc) is 2.80. The summed E-state index contributed by atoms with van der Waals surface area (Å²) >= 11 is 2.03. The lowest BCUT2D eigenvalue weighted by molar-refractivity contribution is -0.138. The molecule has 104 valence electrons. The van der Waals surface area contributed by atoms with Crippen LogP contribution in [-0.2, 0) is 4.79 Å². The van der Waals surface area contributed by atoms with Crippen LogP contribution in [0.3, 0.4) is 0 Å². The zero-order valence-corrected chi connectivity index (χ0v) is 12.7. The Labute approximate surface area is 115 Å². The molecule has 2 rings (SSSR count). The van der Waals surface area contributed by atoms with E-state index >= 15 is 0 Å². The lowest BCUT2D eigenvalue weighted by Gasteiger charge is -2.39. The van der Waals surface area contributed by atoms with Gasteiger partial charge in [-0.25, -0.2) is 0 Å². The zero-order chi connectivity index (χ0) is 13.2. The highest BCUT2D eigenvalue weighted by molar-refractivity contribution is 7.99. The van der Waals surface area contributed by atoms with E-state index in [1.54, 1.807) is 0 Å². The van der Waals surface area contributed by atoms with Gasteiger partial charge in [0.25, 0.3) is 0 Å². The summed E-state index contributed by atoms with van der Waals surface area (Å²) in [6.07, 6.45) is 4.51. The smallest absolute Gasteiger partial charge is 0.240 e. The van der Waals surface area contributed by atoms with Crippen molar-refractivity contribution >= 4 is 17.7 Å². The van der Waals surface area contributed by atoms with E-state index in [4.69, 9.17) is 0 Å². The van der Waals surface area contributed by atoms with Crippen LogP contribution < -0.4 is 5.32 Å². The Bertz CT molecular complexity index is 300. The van der Waals surface area contributed by atoms with Gasteiger partial charge in [0.1, 0.15) is 0 Å². The maximum atomic E-state index is 12.6. The largest absolute Gasteiger partial charge is 0.336 e. The molecule has 2 aliphatic rings. The van der Waals surface area contributed by atoms with Crippen LogP contribution in [0.1, 0.15) is 39.5 Å². The summed E-state index contributed by atoms with van der Waals surface area (Å²) in [5, 5.41) is 3.19. The molecule has 0 saturated carbocycles. The second-order valence-corrected chi connectivity index (χ2v) is 7.37. The highest BCUT2D eigenvalue weighted by atomic mass is 32.2. The lowest BCUT2D eigenvalue weighted by Crippen LogP contribution is -2.53. The van der Waals surface area contributed by atoms with Crippen LogP contribution in [0.2, 0.25) is 0 Å². The Morgan fingerprint density at radius 1 is 1.44 bits per heavy atom. The van der Waals surface area contributed by atoms with Gasteiger partial charge >= 0.3 is 0 Å². The van der Waals surface area contributed by atoms with E-state index in [1.165, 1.54) is 17.9 Å². The van der Waals surface area contributed by atoms with Crippen molar-refractivity contribution in [2.75, 3.05) is 25.1 Å². The molecule has 2 heterocycles. The number of thioether (sulfide) groups is 1. The molecule has 0 radical (unpaired) electrons. The van der Waals surface area contributed by atoms with Crippen molar-refractivity contribution in [3.63, 3.8) is 0 Å². The fourth-order valence-electron chi connectivity index (χ4n) is 3.07. The first-order chi connectivity index (χ1) is 8.54. The van der Waals surface area contributed by atoms with Crippen LogP contribution in [0.4, 0.5) is 0 Å². The maximum absolute atomic E-state index is 12.6. The van der Waals surface area contributed by atoms with Gasteiger partial charge in [-0.05, 0) is 64.0 Å². The molecule has 0 aromatic rings. The molecule has 0 spiro atoms. The predicted octanol–water partition coefficient (Wildman–Crippen LogP) is 2.12. The van der Waals surface area contributed by atoms with E-state index < -0.39 is 0 Å². The first kappa shape index (κ1) is 14.2. The number of amides is 1. The quantitative estimate of drug-likeness (QED) is 0.852. The van der Waals surface area contributed by atoms with Crippen LogP contribution in [0.15, 0.2) is 0 Å². The normalized spacial score (nSPS) is 32.6. The highest BCUT2D eigenvalue weighted by Gasteiger charge is 2.38. The van der Waals surface area contributed by atoms with Gasteiger partial charge in [-0.3, -0.25) is 4.79 Å². The highest BCUT2D eigenvalue weighted by Crippen LogP contribution is 2.31. The first-order valence-corrected chi connectivity index (χ1v) is 8.26. The molecule has 0 aliphatic carbocycles. The molecule has 18 heavy (non-hydrogen) atoms. The summed E-state index contributed by atoms with van der Waals surface area (Å²) in [4.78, 5) is 14.8. The third kappa shape index (κ3) is 3.02. The Morgan fingerprint density at radius 2 is 2.22 bits per heavy atom. The Hall–Kier alpha value is -0.220. The summed E-state index contributed by atoms with van der Waals surface area (Å²) in [5.74, 6) is 3.51. The molecular formula is C14H26N2OS. The molecule has 4 heteroatoms. The standard InChI is InChI=1S/C14H26N2OS/c1-14(2)7-4-5-12(15-3)13(17)16(14)9-11-6-8-18-10-11/h11-12,15H,4-10H2,1-3H3. The van der Waals surface area contributed by atoms with Crippen molar-refractivity contribution in [2.24, 2.45) is 5.92 Å². The minimum atomic E-state index is 0.0237. The van der Waals surface area contributed by atoms with Gasteiger partial charge < -0.3 is 10.2 Å². The Morgan fingerprint density at radius 3 is 2.83 bits per heavy atom. The number of nitrogens with one attached hydrogen (secondary N) is 1. The number of rotatable bonds is 3. The van der Waals surface area contributed by atoms with E-state index in [0.717, 1.165) is 25.8 Å². The average molecular weight is 270 g/mol. The van der Waals surface area contributed by atoms with Crippen molar-refractivity contribution in [3.05, 3.63) is 0 Å². The monoisotopic (exact) mass is 270 g/mol. The lowest BCUT2D eigenvalue weighted by atomic mass is 9.95. The molecule has 2 fully saturated rings. The summed E-state index contributed by atoms with van der Waals surface area (Å²) in [5.41, 5.74) is 0.0237. The fraction of sp³-hybridized carbons (Fsp3) is 0.929. The van der Waals surface area contributed by atoms with Gasteiger partial charge in [-0.15, -0.1) is 0 Å². The fourth-order valence-corrected chi connectivity index (χ4v) is 4.35.